The molecule has 24 heavy (non-hydrogen) atoms. The Kier molecular flexibility index (Phi) is 8.61. The van der Waals surface area contributed by atoms with Crippen molar-refractivity contribution >= 4 is 6.09 Å². The first-order chi connectivity index (χ1) is 11.3. The van der Waals surface area contributed by atoms with E-state index in [2.05, 4.69) is 5.32 Å². The molecule has 1 aromatic rings. The standard InChI is InChI=1S/C19H32N2O3/c1-5-23-17-11-9-15(10-12-17)14-16(8-6-7-13-20)21-18(22)24-19(2,3)4/h9-12,16H,5-8,13-14,20H2,1-4H3,(H,21,22). The number of hydrogen-bond acceptors (Lipinski definition) is 4. The maximum absolute atomic E-state index is 12.1. The molecular formula is C19H32N2O3. The number of alkyl carbamates (subject to hydrolysis) is 1. The van der Waals surface area contributed by atoms with Crippen molar-refractivity contribution in [1.29, 1.82) is 0 Å². The number of carbonyl (C=O) groups excluding carboxylic acids is 1. The largest absolute Gasteiger partial charge is 0.494 e. The van der Waals surface area contributed by atoms with Crippen LogP contribution in [-0.4, -0.2) is 30.9 Å². The lowest BCUT2D eigenvalue weighted by atomic mass is 10.0. The Labute approximate surface area is 145 Å². The number of hydrogen-bond donors (Lipinski definition) is 2. The lowest BCUT2D eigenvalue weighted by Crippen LogP contribution is -2.40. The highest BCUT2D eigenvalue weighted by molar-refractivity contribution is 5.68. The summed E-state index contributed by atoms with van der Waals surface area (Å²) in [5.41, 5.74) is 6.24. The summed E-state index contributed by atoms with van der Waals surface area (Å²) in [5, 5.41) is 2.99. The minimum atomic E-state index is -0.495. The minimum Gasteiger partial charge on any atom is -0.494 e. The van der Waals surface area contributed by atoms with Gasteiger partial charge in [-0.25, -0.2) is 4.79 Å². The topological polar surface area (TPSA) is 73.6 Å². The molecule has 1 atom stereocenters. The molecule has 0 saturated carbocycles. The number of rotatable bonds is 9. The molecule has 0 aliphatic rings. The number of ether oxygens (including phenoxy) is 2. The van der Waals surface area contributed by atoms with Crippen molar-refractivity contribution in [2.45, 2.75) is 65.0 Å². The average molecular weight is 336 g/mol. The van der Waals surface area contributed by atoms with Crippen molar-refractivity contribution in [3.05, 3.63) is 29.8 Å². The average Bonchev–Trinajstić information content (AvgIpc) is 2.47. The molecule has 0 radical (unpaired) electrons. The van der Waals surface area contributed by atoms with E-state index >= 15 is 0 Å². The third-order valence-corrected chi connectivity index (χ3v) is 3.44. The summed E-state index contributed by atoms with van der Waals surface area (Å²) in [7, 11) is 0. The van der Waals surface area contributed by atoms with Gasteiger partial charge in [0, 0.05) is 6.04 Å². The fourth-order valence-electron chi connectivity index (χ4n) is 2.41. The highest BCUT2D eigenvalue weighted by Crippen LogP contribution is 2.16. The van der Waals surface area contributed by atoms with Crippen LogP contribution < -0.4 is 15.8 Å². The van der Waals surface area contributed by atoms with Crippen molar-refractivity contribution in [1.82, 2.24) is 5.32 Å². The Bertz CT molecular complexity index is 480. The van der Waals surface area contributed by atoms with Crippen LogP contribution in [0.5, 0.6) is 5.75 Å². The van der Waals surface area contributed by atoms with Crippen molar-refractivity contribution in [2.24, 2.45) is 5.73 Å². The number of amides is 1. The van der Waals surface area contributed by atoms with Crippen molar-refractivity contribution in [2.75, 3.05) is 13.2 Å². The van der Waals surface area contributed by atoms with Crippen LogP contribution in [0.4, 0.5) is 4.79 Å². The van der Waals surface area contributed by atoms with Crippen molar-refractivity contribution < 1.29 is 14.3 Å². The Morgan fingerprint density at radius 1 is 1.21 bits per heavy atom. The second kappa shape index (κ2) is 10.2. The Morgan fingerprint density at radius 2 is 1.88 bits per heavy atom. The van der Waals surface area contributed by atoms with Crippen LogP contribution in [0, 0.1) is 0 Å². The van der Waals surface area contributed by atoms with Gasteiger partial charge in [0.25, 0.3) is 0 Å². The Balaban J connectivity index is 2.65. The van der Waals surface area contributed by atoms with E-state index in [1.165, 1.54) is 0 Å². The van der Waals surface area contributed by atoms with E-state index in [0.29, 0.717) is 13.2 Å². The second-order valence-corrected chi connectivity index (χ2v) is 6.91. The zero-order chi connectivity index (χ0) is 18.0. The van der Waals surface area contributed by atoms with E-state index in [1.54, 1.807) is 0 Å². The number of nitrogens with one attached hydrogen (secondary N) is 1. The first-order valence-corrected chi connectivity index (χ1v) is 8.75. The summed E-state index contributed by atoms with van der Waals surface area (Å²) in [6.45, 7) is 8.88. The van der Waals surface area contributed by atoms with E-state index in [1.807, 2.05) is 52.0 Å². The van der Waals surface area contributed by atoms with E-state index in [0.717, 1.165) is 37.0 Å². The van der Waals surface area contributed by atoms with Crippen LogP contribution >= 0.6 is 0 Å². The third-order valence-electron chi connectivity index (χ3n) is 3.44. The van der Waals surface area contributed by atoms with Gasteiger partial charge in [0.05, 0.1) is 6.61 Å². The molecule has 0 heterocycles. The van der Waals surface area contributed by atoms with E-state index < -0.39 is 5.60 Å². The SMILES string of the molecule is CCOc1ccc(CC(CCCCN)NC(=O)OC(C)(C)C)cc1. The van der Waals surface area contributed by atoms with Gasteiger partial charge in [-0.2, -0.15) is 0 Å². The molecule has 5 heteroatoms. The van der Waals surface area contributed by atoms with Gasteiger partial charge in [-0.15, -0.1) is 0 Å². The fraction of sp³-hybridized carbons (Fsp3) is 0.632. The highest BCUT2D eigenvalue weighted by atomic mass is 16.6. The normalized spacial score (nSPS) is 12.5. The van der Waals surface area contributed by atoms with E-state index in [9.17, 15) is 4.79 Å². The van der Waals surface area contributed by atoms with Gasteiger partial charge in [-0.3, -0.25) is 0 Å². The van der Waals surface area contributed by atoms with Gasteiger partial charge in [-0.05, 0) is 71.2 Å². The molecule has 0 aromatic heterocycles. The first kappa shape index (κ1) is 20.3. The summed E-state index contributed by atoms with van der Waals surface area (Å²) in [6, 6.07) is 8.03. The third kappa shape index (κ3) is 8.77. The van der Waals surface area contributed by atoms with Gasteiger partial charge < -0.3 is 20.5 Å². The quantitative estimate of drug-likeness (QED) is 0.675. The minimum absolute atomic E-state index is 0.0318. The molecule has 1 unspecified atom stereocenters. The molecule has 5 nitrogen and oxygen atoms in total. The van der Waals surface area contributed by atoms with Gasteiger partial charge in [0.15, 0.2) is 0 Å². The molecule has 0 bridgehead atoms. The number of benzene rings is 1. The number of nitrogens with two attached hydrogens (primary N) is 1. The molecule has 1 aromatic carbocycles. The van der Waals surface area contributed by atoms with Crippen LogP contribution in [0.3, 0.4) is 0 Å². The van der Waals surface area contributed by atoms with Crippen LogP contribution in [0.15, 0.2) is 24.3 Å². The van der Waals surface area contributed by atoms with Gasteiger partial charge >= 0.3 is 6.09 Å². The molecule has 0 saturated heterocycles. The molecule has 3 N–H and O–H groups in total. The zero-order valence-corrected chi connectivity index (χ0v) is 15.4. The molecule has 0 aliphatic heterocycles. The molecular weight excluding hydrogens is 304 g/mol. The fourth-order valence-corrected chi connectivity index (χ4v) is 2.41. The lowest BCUT2D eigenvalue weighted by molar-refractivity contribution is 0.0501. The Morgan fingerprint density at radius 3 is 2.42 bits per heavy atom. The van der Waals surface area contributed by atoms with E-state index in [4.69, 9.17) is 15.2 Å². The van der Waals surface area contributed by atoms with Crippen LogP contribution in [0.2, 0.25) is 0 Å². The molecule has 1 rings (SSSR count). The number of unbranched alkanes of at least 4 members (excludes halogenated alkanes) is 1. The number of carbonyl (C=O) groups is 1. The summed E-state index contributed by atoms with van der Waals surface area (Å²) >= 11 is 0. The predicted molar refractivity (Wildman–Crippen MR) is 97.4 cm³/mol. The van der Waals surface area contributed by atoms with Gasteiger partial charge in [0.1, 0.15) is 11.4 Å². The maximum Gasteiger partial charge on any atom is 0.407 e. The Hall–Kier alpha value is -1.75. The van der Waals surface area contributed by atoms with Gasteiger partial charge in [-0.1, -0.05) is 18.6 Å². The zero-order valence-electron chi connectivity index (χ0n) is 15.4. The first-order valence-electron chi connectivity index (χ1n) is 8.75. The van der Waals surface area contributed by atoms with E-state index in [-0.39, 0.29) is 12.1 Å². The van der Waals surface area contributed by atoms with Crippen molar-refractivity contribution in [3.8, 4) is 5.75 Å². The predicted octanol–water partition coefficient (Wildman–Crippen LogP) is 3.65. The summed E-state index contributed by atoms with van der Waals surface area (Å²) < 4.78 is 10.8. The monoisotopic (exact) mass is 336 g/mol. The van der Waals surface area contributed by atoms with Crippen LogP contribution in [0.1, 0.15) is 52.5 Å². The molecule has 0 aliphatic carbocycles. The lowest BCUT2D eigenvalue weighted by Gasteiger charge is -2.24. The smallest absolute Gasteiger partial charge is 0.407 e. The summed E-state index contributed by atoms with van der Waals surface area (Å²) in [4.78, 5) is 12.1. The summed E-state index contributed by atoms with van der Waals surface area (Å²) in [6.07, 6.45) is 3.20. The second-order valence-electron chi connectivity index (χ2n) is 6.91. The van der Waals surface area contributed by atoms with Crippen molar-refractivity contribution in [3.63, 3.8) is 0 Å². The highest BCUT2D eigenvalue weighted by Gasteiger charge is 2.19. The van der Waals surface area contributed by atoms with Gasteiger partial charge in [0.2, 0.25) is 0 Å². The maximum atomic E-state index is 12.1. The molecule has 136 valence electrons. The molecule has 0 spiro atoms. The summed E-state index contributed by atoms with van der Waals surface area (Å²) in [5.74, 6) is 0.862. The molecule has 0 fully saturated rings. The molecule has 1 amide bonds. The van der Waals surface area contributed by atoms with Crippen LogP contribution in [-0.2, 0) is 11.2 Å². The van der Waals surface area contributed by atoms with Crippen LogP contribution in [0.25, 0.3) is 0 Å².